The monoisotopic (exact) mass is 401 g/mol. The highest BCUT2D eigenvalue weighted by Crippen LogP contribution is 2.29. The Bertz CT molecular complexity index is 1120. The van der Waals surface area contributed by atoms with E-state index in [-0.39, 0.29) is 12.3 Å². The molecular formula is C25H23NO4. The average Bonchev–Trinajstić information content (AvgIpc) is 3.22. The lowest BCUT2D eigenvalue weighted by molar-refractivity contribution is -0.121. The minimum Gasteiger partial charge on any atom is -0.497 e. The van der Waals surface area contributed by atoms with Gasteiger partial charge in [-0.1, -0.05) is 54.6 Å². The minimum absolute atomic E-state index is 0.132. The zero-order chi connectivity index (χ0) is 20.9. The molecule has 5 heteroatoms. The van der Waals surface area contributed by atoms with E-state index in [1.165, 1.54) is 0 Å². The maximum Gasteiger partial charge on any atom is 0.225 e. The molecule has 0 spiro atoms. The molecule has 0 aliphatic carbocycles. The van der Waals surface area contributed by atoms with Gasteiger partial charge in [0.15, 0.2) is 0 Å². The van der Waals surface area contributed by atoms with Crippen LogP contribution in [0.3, 0.4) is 0 Å². The van der Waals surface area contributed by atoms with Crippen LogP contribution in [-0.4, -0.2) is 20.1 Å². The van der Waals surface area contributed by atoms with Gasteiger partial charge in [0.25, 0.3) is 0 Å². The number of rotatable bonds is 7. The Hall–Kier alpha value is -3.73. The predicted molar refractivity (Wildman–Crippen MR) is 116 cm³/mol. The van der Waals surface area contributed by atoms with Gasteiger partial charge in [-0.05, 0) is 23.8 Å². The van der Waals surface area contributed by atoms with Gasteiger partial charge in [-0.3, -0.25) is 4.79 Å². The van der Waals surface area contributed by atoms with Crippen LogP contribution < -0.4 is 14.8 Å². The number of hydrogen-bond donors (Lipinski definition) is 1. The van der Waals surface area contributed by atoms with Crippen LogP contribution in [0.25, 0.3) is 11.0 Å². The number of carbonyl (C=O) groups excluding carboxylic acids is 1. The van der Waals surface area contributed by atoms with Crippen molar-refractivity contribution in [2.45, 2.75) is 12.5 Å². The van der Waals surface area contributed by atoms with Crippen LogP contribution in [0.1, 0.15) is 22.9 Å². The second kappa shape index (κ2) is 8.74. The Labute approximate surface area is 175 Å². The summed E-state index contributed by atoms with van der Waals surface area (Å²) in [7, 11) is 3.18. The first kappa shape index (κ1) is 19.6. The van der Waals surface area contributed by atoms with E-state index < -0.39 is 6.04 Å². The highest BCUT2D eigenvalue weighted by molar-refractivity contribution is 5.81. The van der Waals surface area contributed by atoms with Crippen molar-refractivity contribution in [3.05, 3.63) is 95.7 Å². The third-order valence-electron chi connectivity index (χ3n) is 5.01. The van der Waals surface area contributed by atoms with Gasteiger partial charge in [0, 0.05) is 17.0 Å². The summed E-state index contributed by atoms with van der Waals surface area (Å²) in [5, 5.41) is 4.12. The first-order valence-electron chi connectivity index (χ1n) is 9.71. The summed E-state index contributed by atoms with van der Waals surface area (Å²) in [5.41, 5.74) is 2.53. The quantitative estimate of drug-likeness (QED) is 0.479. The van der Waals surface area contributed by atoms with Gasteiger partial charge >= 0.3 is 0 Å². The van der Waals surface area contributed by atoms with Crippen LogP contribution in [0, 0.1) is 0 Å². The summed E-state index contributed by atoms with van der Waals surface area (Å²) in [5.74, 6) is 1.86. The summed E-state index contributed by atoms with van der Waals surface area (Å²) in [6, 6.07) is 24.6. The minimum atomic E-state index is -0.393. The first-order valence-corrected chi connectivity index (χ1v) is 9.71. The molecule has 152 valence electrons. The maximum atomic E-state index is 13.0. The number of para-hydroxylation sites is 1. The van der Waals surface area contributed by atoms with Gasteiger partial charge in [-0.2, -0.15) is 0 Å². The van der Waals surface area contributed by atoms with Crippen molar-refractivity contribution in [2.75, 3.05) is 14.2 Å². The number of furan rings is 1. The molecule has 0 radical (unpaired) electrons. The Kier molecular flexibility index (Phi) is 5.70. The van der Waals surface area contributed by atoms with Crippen molar-refractivity contribution in [1.29, 1.82) is 0 Å². The molecule has 1 aromatic heterocycles. The van der Waals surface area contributed by atoms with Crippen LogP contribution in [0.2, 0.25) is 0 Å². The molecule has 5 nitrogen and oxygen atoms in total. The second-order valence-electron chi connectivity index (χ2n) is 6.95. The largest absolute Gasteiger partial charge is 0.497 e. The summed E-state index contributed by atoms with van der Waals surface area (Å²) in [6.45, 7) is 0. The molecule has 3 aromatic carbocycles. The normalized spacial score (nSPS) is 11.8. The van der Waals surface area contributed by atoms with Crippen LogP contribution >= 0.6 is 0 Å². The molecule has 30 heavy (non-hydrogen) atoms. The van der Waals surface area contributed by atoms with Crippen molar-refractivity contribution in [3.63, 3.8) is 0 Å². The molecule has 1 unspecified atom stereocenters. The molecule has 0 saturated heterocycles. The molecule has 0 bridgehead atoms. The number of nitrogens with one attached hydrogen (secondary N) is 1. The van der Waals surface area contributed by atoms with Crippen molar-refractivity contribution < 1.29 is 18.7 Å². The van der Waals surface area contributed by atoms with Gasteiger partial charge in [0.2, 0.25) is 5.91 Å². The first-order chi connectivity index (χ1) is 14.7. The Morgan fingerprint density at radius 1 is 0.933 bits per heavy atom. The lowest BCUT2D eigenvalue weighted by Crippen LogP contribution is -2.30. The van der Waals surface area contributed by atoms with Crippen molar-refractivity contribution in [2.24, 2.45) is 0 Å². The molecule has 1 heterocycles. The third kappa shape index (κ3) is 4.15. The molecule has 1 amide bonds. The molecular weight excluding hydrogens is 378 g/mol. The Balaban J connectivity index is 1.61. The van der Waals surface area contributed by atoms with Crippen molar-refractivity contribution in [1.82, 2.24) is 5.32 Å². The molecule has 0 saturated carbocycles. The molecule has 1 atom stereocenters. The van der Waals surface area contributed by atoms with Crippen LogP contribution in [-0.2, 0) is 11.2 Å². The number of methoxy groups -OCH3 is 2. The number of hydrogen-bond acceptors (Lipinski definition) is 4. The topological polar surface area (TPSA) is 60.7 Å². The number of fused-ring (bicyclic) bond motifs is 1. The number of benzene rings is 3. The van der Waals surface area contributed by atoms with Crippen molar-refractivity contribution in [3.8, 4) is 11.5 Å². The summed E-state index contributed by atoms with van der Waals surface area (Å²) < 4.78 is 16.7. The van der Waals surface area contributed by atoms with Crippen LogP contribution in [0.4, 0.5) is 0 Å². The van der Waals surface area contributed by atoms with E-state index in [1.54, 1.807) is 20.3 Å². The summed E-state index contributed by atoms with van der Waals surface area (Å²) in [6.07, 6.45) is 0.177. The van der Waals surface area contributed by atoms with E-state index >= 15 is 0 Å². The van der Waals surface area contributed by atoms with Gasteiger partial charge in [0.05, 0.1) is 20.6 Å². The van der Waals surface area contributed by atoms with Crippen molar-refractivity contribution >= 4 is 16.9 Å². The predicted octanol–water partition coefficient (Wildman–Crippen LogP) is 4.90. The van der Waals surface area contributed by atoms with E-state index in [0.717, 1.165) is 22.1 Å². The Morgan fingerprint density at radius 3 is 2.43 bits per heavy atom. The van der Waals surface area contributed by atoms with Gasteiger partial charge in [0.1, 0.15) is 28.9 Å². The van der Waals surface area contributed by atoms with E-state index in [1.807, 2.05) is 72.8 Å². The molecule has 0 aliphatic rings. The Morgan fingerprint density at radius 2 is 1.70 bits per heavy atom. The summed E-state index contributed by atoms with van der Waals surface area (Å²) >= 11 is 0. The zero-order valence-electron chi connectivity index (χ0n) is 16.9. The highest BCUT2D eigenvalue weighted by atomic mass is 16.5. The SMILES string of the molecule is COc1ccc(CC(=O)NC(c2ccccc2)c2cc3ccccc3o2)c(OC)c1. The number of ether oxygens (including phenoxy) is 2. The maximum absolute atomic E-state index is 13.0. The van der Waals surface area contributed by atoms with Gasteiger partial charge in [-0.15, -0.1) is 0 Å². The van der Waals surface area contributed by atoms with E-state index in [0.29, 0.717) is 17.3 Å². The van der Waals surface area contributed by atoms with Crippen LogP contribution in [0.5, 0.6) is 11.5 Å². The van der Waals surface area contributed by atoms with Gasteiger partial charge < -0.3 is 19.2 Å². The summed E-state index contributed by atoms with van der Waals surface area (Å²) in [4.78, 5) is 13.0. The smallest absolute Gasteiger partial charge is 0.225 e. The fourth-order valence-corrected chi connectivity index (χ4v) is 3.49. The van der Waals surface area contributed by atoms with E-state index in [9.17, 15) is 4.79 Å². The van der Waals surface area contributed by atoms with Crippen LogP contribution in [0.15, 0.2) is 83.3 Å². The standard InChI is InChI=1S/C25H23NO4/c1-28-20-13-12-19(22(16-20)29-2)15-24(27)26-25(17-8-4-3-5-9-17)23-14-18-10-6-7-11-21(18)30-23/h3-14,16,25H,15H2,1-2H3,(H,26,27). The van der Waals surface area contributed by atoms with Gasteiger partial charge in [-0.25, -0.2) is 0 Å². The number of carbonyl (C=O) groups is 1. The number of amides is 1. The lowest BCUT2D eigenvalue weighted by atomic mass is 10.0. The molecule has 4 aromatic rings. The fourth-order valence-electron chi connectivity index (χ4n) is 3.49. The molecule has 4 rings (SSSR count). The fraction of sp³-hybridized carbons (Fsp3) is 0.160. The average molecular weight is 401 g/mol. The second-order valence-corrected chi connectivity index (χ2v) is 6.95. The lowest BCUT2D eigenvalue weighted by Gasteiger charge is -2.18. The molecule has 0 aliphatic heterocycles. The van der Waals surface area contributed by atoms with E-state index in [2.05, 4.69) is 5.32 Å². The third-order valence-corrected chi connectivity index (χ3v) is 5.01. The molecule has 0 fully saturated rings. The zero-order valence-corrected chi connectivity index (χ0v) is 16.9. The molecule has 1 N–H and O–H groups in total. The van der Waals surface area contributed by atoms with E-state index in [4.69, 9.17) is 13.9 Å². The highest BCUT2D eigenvalue weighted by Gasteiger charge is 2.21.